The highest BCUT2D eigenvalue weighted by molar-refractivity contribution is 7.47. The molecule has 0 aliphatic heterocycles. The molecule has 0 fully saturated rings. The Morgan fingerprint density at radius 1 is 0.564 bits per heavy atom. The van der Waals surface area contributed by atoms with Crippen LogP contribution in [0.5, 0.6) is 0 Å². The van der Waals surface area contributed by atoms with Crippen molar-refractivity contribution in [3.63, 3.8) is 0 Å². The minimum absolute atomic E-state index is 0.0371. The first-order valence-corrected chi connectivity index (χ1v) is 22.6. The molecule has 0 aliphatic carbocycles. The number of carbonyl (C=O) groups is 2. The van der Waals surface area contributed by atoms with Gasteiger partial charge in [0.15, 0.2) is 6.10 Å². The number of phosphoric ester groups is 1. The Labute approximate surface area is 334 Å². The topological polar surface area (TPSA) is 134 Å². The number of unbranched alkanes of at least 4 members (excludes halogenated alkanes) is 11. The third kappa shape index (κ3) is 40.7. The van der Waals surface area contributed by atoms with Crippen LogP contribution in [0.4, 0.5) is 0 Å². The predicted octanol–water partition coefficient (Wildman–Crippen LogP) is 12.0. The monoisotopic (exact) mass is 790 g/mol. The van der Waals surface area contributed by atoms with Gasteiger partial charge >= 0.3 is 19.8 Å². The molecule has 1 unspecified atom stereocenters. The number of carbonyl (C=O) groups excluding carboxylic acids is 2. The lowest BCUT2D eigenvalue weighted by molar-refractivity contribution is -0.161. The van der Waals surface area contributed by atoms with Crippen LogP contribution < -0.4 is 5.73 Å². The standard InChI is InChI=1S/C45H76NO8P/c1-3-5-7-9-11-13-15-17-19-20-21-22-24-26-28-30-32-34-36-38-45(48)54-43(42-53-55(49,50)52-40-39-46)41-51-44(47)37-35-33-31-29-27-25-23-18-16-14-12-10-8-6-4-2/h5,7,11,13-14,16-17,19,21-22,26,28,32,34,43H,3-4,6,8-10,12,15,18,20,23-25,27,29-31,33,35-42,46H2,1-2H3,(H,49,50)/b7-5+,13-11+,16-14+,19-17+,22-21+,28-26+,34-32+/t43-/m1/s1. The molecule has 314 valence electrons. The SMILES string of the molecule is CC/C=C/C/C=C/C/C=C/C/C=C/C/C=C/C/C=C/CCC(=O)O[C@H](COC(=O)CCCCCCCCC/C=C/CCCCCC)COP(=O)(O)OCCN. The van der Waals surface area contributed by atoms with Gasteiger partial charge < -0.3 is 20.1 Å². The zero-order valence-corrected chi connectivity index (χ0v) is 35.3. The largest absolute Gasteiger partial charge is 0.472 e. The molecule has 3 N–H and O–H groups in total. The van der Waals surface area contributed by atoms with Gasteiger partial charge in [-0.2, -0.15) is 0 Å². The van der Waals surface area contributed by atoms with Crippen LogP contribution in [-0.4, -0.2) is 49.3 Å². The minimum Gasteiger partial charge on any atom is -0.462 e. The summed E-state index contributed by atoms with van der Waals surface area (Å²) in [6, 6.07) is 0. The van der Waals surface area contributed by atoms with E-state index in [1.165, 1.54) is 51.4 Å². The van der Waals surface area contributed by atoms with Gasteiger partial charge in [0, 0.05) is 19.4 Å². The molecule has 2 atom stereocenters. The van der Waals surface area contributed by atoms with Crippen LogP contribution in [0.1, 0.15) is 155 Å². The third-order valence-corrected chi connectivity index (χ3v) is 9.26. The molecule has 0 aliphatic rings. The highest BCUT2D eigenvalue weighted by Gasteiger charge is 2.25. The van der Waals surface area contributed by atoms with Crippen molar-refractivity contribution < 1.29 is 37.6 Å². The Bertz CT molecular complexity index is 1170. The van der Waals surface area contributed by atoms with Crippen LogP contribution in [0.3, 0.4) is 0 Å². The Balaban J connectivity index is 4.33. The second kappa shape index (κ2) is 40.8. The van der Waals surface area contributed by atoms with E-state index in [2.05, 4.69) is 86.8 Å². The van der Waals surface area contributed by atoms with E-state index in [0.29, 0.717) is 12.8 Å². The van der Waals surface area contributed by atoms with E-state index in [4.69, 9.17) is 24.3 Å². The number of phosphoric acid groups is 1. The van der Waals surface area contributed by atoms with Crippen LogP contribution >= 0.6 is 7.82 Å². The van der Waals surface area contributed by atoms with Crippen molar-refractivity contribution in [2.75, 3.05) is 26.4 Å². The Hall–Kier alpha value is -2.81. The van der Waals surface area contributed by atoms with E-state index < -0.39 is 32.5 Å². The summed E-state index contributed by atoms with van der Waals surface area (Å²) in [6.45, 7) is 3.49. The predicted molar refractivity (Wildman–Crippen MR) is 229 cm³/mol. The lowest BCUT2D eigenvalue weighted by Crippen LogP contribution is -2.29. The maximum Gasteiger partial charge on any atom is 0.472 e. The quantitative estimate of drug-likeness (QED) is 0.0271. The maximum absolute atomic E-state index is 12.5. The number of hydrogen-bond donors (Lipinski definition) is 2. The van der Waals surface area contributed by atoms with Gasteiger partial charge in [0.05, 0.1) is 13.2 Å². The zero-order chi connectivity index (χ0) is 40.3. The summed E-state index contributed by atoms with van der Waals surface area (Å²) in [5, 5.41) is 0. The van der Waals surface area contributed by atoms with Crippen molar-refractivity contribution >= 4 is 19.8 Å². The molecule has 10 heteroatoms. The summed E-state index contributed by atoms with van der Waals surface area (Å²) in [5.74, 6) is -0.940. The second-order valence-corrected chi connectivity index (χ2v) is 14.9. The molecule has 0 aromatic rings. The van der Waals surface area contributed by atoms with Crippen molar-refractivity contribution in [1.29, 1.82) is 0 Å². The molecule has 0 bridgehead atoms. The first kappa shape index (κ1) is 52.2. The molecule has 9 nitrogen and oxygen atoms in total. The number of rotatable bonds is 38. The summed E-state index contributed by atoms with van der Waals surface area (Å²) in [4.78, 5) is 34.8. The van der Waals surface area contributed by atoms with Crippen LogP contribution in [0, 0.1) is 0 Å². The van der Waals surface area contributed by atoms with E-state index in [1.807, 2.05) is 12.2 Å². The van der Waals surface area contributed by atoms with Crippen LogP contribution in [0.15, 0.2) is 85.1 Å². The van der Waals surface area contributed by atoms with Crippen molar-refractivity contribution in [3.8, 4) is 0 Å². The van der Waals surface area contributed by atoms with Crippen LogP contribution in [-0.2, 0) is 32.7 Å². The summed E-state index contributed by atoms with van der Waals surface area (Å²) >= 11 is 0. The molecule has 0 aromatic carbocycles. The fourth-order valence-electron chi connectivity index (χ4n) is 5.18. The molecular formula is C45H76NO8P. The van der Waals surface area contributed by atoms with Crippen LogP contribution in [0.2, 0.25) is 0 Å². The van der Waals surface area contributed by atoms with Gasteiger partial charge in [0.25, 0.3) is 0 Å². The molecule has 0 amide bonds. The summed E-state index contributed by atoms with van der Waals surface area (Å²) in [6.07, 6.45) is 50.5. The molecule has 0 radical (unpaired) electrons. The lowest BCUT2D eigenvalue weighted by Gasteiger charge is -2.19. The van der Waals surface area contributed by atoms with E-state index in [9.17, 15) is 19.0 Å². The Kier molecular flexibility index (Phi) is 38.8. The van der Waals surface area contributed by atoms with E-state index in [1.54, 1.807) is 0 Å². The van der Waals surface area contributed by atoms with Crippen LogP contribution in [0.25, 0.3) is 0 Å². The minimum atomic E-state index is -4.40. The van der Waals surface area contributed by atoms with E-state index in [0.717, 1.165) is 64.2 Å². The summed E-state index contributed by atoms with van der Waals surface area (Å²) in [7, 11) is -4.40. The van der Waals surface area contributed by atoms with Gasteiger partial charge in [-0.25, -0.2) is 4.57 Å². The Morgan fingerprint density at radius 2 is 1.04 bits per heavy atom. The smallest absolute Gasteiger partial charge is 0.462 e. The molecule has 0 saturated carbocycles. The molecule has 55 heavy (non-hydrogen) atoms. The fourth-order valence-corrected chi connectivity index (χ4v) is 5.95. The second-order valence-electron chi connectivity index (χ2n) is 13.5. The van der Waals surface area contributed by atoms with Crippen molar-refractivity contribution in [2.45, 2.75) is 161 Å². The normalized spacial score (nSPS) is 14.2. The molecule has 0 spiro atoms. The van der Waals surface area contributed by atoms with Gasteiger partial charge in [-0.1, -0.05) is 150 Å². The van der Waals surface area contributed by atoms with E-state index in [-0.39, 0.29) is 32.6 Å². The summed E-state index contributed by atoms with van der Waals surface area (Å²) in [5.41, 5.74) is 5.34. The number of nitrogens with two attached hydrogens (primary N) is 1. The maximum atomic E-state index is 12.5. The first-order chi connectivity index (χ1) is 26.8. The van der Waals surface area contributed by atoms with Gasteiger partial charge in [0.1, 0.15) is 6.61 Å². The first-order valence-electron chi connectivity index (χ1n) is 21.1. The molecule has 0 rings (SSSR count). The number of esters is 2. The van der Waals surface area contributed by atoms with Crippen molar-refractivity contribution in [3.05, 3.63) is 85.1 Å². The number of hydrogen-bond acceptors (Lipinski definition) is 8. The zero-order valence-electron chi connectivity index (χ0n) is 34.4. The average Bonchev–Trinajstić information content (AvgIpc) is 3.17. The molecular weight excluding hydrogens is 713 g/mol. The number of allylic oxidation sites excluding steroid dienone is 14. The Morgan fingerprint density at radius 3 is 1.56 bits per heavy atom. The lowest BCUT2D eigenvalue weighted by atomic mass is 10.1. The van der Waals surface area contributed by atoms with Gasteiger partial charge in [-0.15, -0.1) is 0 Å². The summed E-state index contributed by atoms with van der Waals surface area (Å²) < 4.78 is 32.6. The fraction of sp³-hybridized carbons (Fsp3) is 0.644. The molecule has 0 aromatic heterocycles. The van der Waals surface area contributed by atoms with Gasteiger partial charge in [0.2, 0.25) is 0 Å². The van der Waals surface area contributed by atoms with Gasteiger partial charge in [-0.05, 0) is 77.0 Å². The van der Waals surface area contributed by atoms with Gasteiger partial charge in [-0.3, -0.25) is 18.6 Å². The molecule has 0 saturated heterocycles. The van der Waals surface area contributed by atoms with Crippen molar-refractivity contribution in [2.24, 2.45) is 5.73 Å². The molecule has 0 heterocycles. The van der Waals surface area contributed by atoms with Crippen molar-refractivity contribution in [1.82, 2.24) is 0 Å². The highest BCUT2D eigenvalue weighted by Crippen LogP contribution is 2.43. The van der Waals surface area contributed by atoms with E-state index >= 15 is 0 Å². The highest BCUT2D eigenvalue weighted by atomic mass is 31.2. The third-order valence-electron chi connectivity index (χ3n) is 8.28. The average molecular weight is 790 g/mol. The number of ether oxygens (including phenoxy) is 2.